The van der Waals surface area contributed by atoms with Gasteiger partial charge in [-0.3, -0.25) is 0 Å². The zero-order valence-corrected chi connectivity index (χ0v) is 13.4. The molecule has 0 bridgehead atoms. The van der Waals surface area contributed by atoms with E-state index in [1.807, 2.05) is 19.1 Å². The van der Waals surface area contributed by atoms with E-state index in [0.29, 0.717) is 0 Å². The fourth-order valence-electron chi connectivity index (χ4n) is 1.72. The average molecular weight is 313 g/mol. The summed E-state index contributed by atoms with van der Waals surface area (Å²) in [6.45, 7) is 4.10. The van der Waals surface area contributed by atoms with E-state index in [0.717, 1.165) is 32.8 Å². The van der Waals surface area contributed by atoms with Gasteiger partial charge in [0.1, 0.15) is 0 Å². The third-order valence-electron chi connectivity index (χ3n) is 2.84. The van der Waals surface area contributed by atoms with Crippen molar-refractivity contribution in [3.8, 4) is 0 Å². The van der Waals surface area contributed by atoms with Crippen LogP contribution in [0.4, 0.5) is 0 Å². The van der Waals surface area contributed by atoms with Crippen molar-refractivity contribution in [3.63, 3.8) is 0 Å². The minimum absolute atomic E-state index is 0.177. The van der Waals surface area contributed by atoms with Crippen molar-refractivity contribution in [1.82, 2.24) is 4.98 Å². The van der Waals surface area contributed by atoms with Gasteiger partial charge in [0.05, 0.1) is 5.02 Å². The summed E-state index contributed by atoms with van der Waals surface area (Å²) in [7, 11) is 0. The Bertz CT molecular complexity index is 554. The summed E-state index contributed by atoms with van der Waals surface area (Å²) in [4.78, 5) is 5.56. The molecule has 2 N–H and O–H groups in total. The maximum atomic E-state index is 6.33. The zero-order valence-electron chi connectivity index (χ0n) is 11.0. The van der Waals surface area contributed by atoms with Crippen molar-refractivity contribution in [1.29, 1.82) is 0 Å². The normalized spacial score (nSPS) is 12.6. The Morgan fingerprint density at radius 2 is 2.26 bits per heavy atom. The maximum absolute atomic E-state index is 6.33. The van der Waals surface area contributed by atoms with Crippen molar-refractivity contribution in [2.24, 2.45) is 5.73 Å². The maximum Gasteiger partial charge on any atom is 0.154 e. The van der Waals surface area contributed by atoms with Crippen molar-refractivity contribution in [2.75, 3.05) is 0 Å². The quantitative estimate of drug-likeness (QED) is 0.881. The largest absolute Gasteiger partial charge is 0.327 e. The number of benzene rings is 1. The molecule has 0 aliphatic heterocycles. The molecule has 2 nitrogen and oxygen atoms in total. The smallest absolute Gasteiger partial charge is 0.154 e. The molecule has 0 radical (unpaired) electrons. The van der Waals surface area contributed by atoms with Crippen molar-refractivity contribution in [2.45, 2.75) is 42.0 Å². The topological polar surface area (TPSA) is 38.9 Å². The van der Waals surface area contributed by atoms with Crippen LogP contribution < -0.4 is 5.73 Å². The number of aryl methyl sites for hydroxylation is 1. The summed E-state index contributed by atoms with van der Waals surface area (Å²) in [6.07, 6.45) is 1.82. The molecule has 0 aliphatic carbocycles. The summed E-state index contributed by atoms with van der Waals surface area (Å²) < 4.78 is 1.02. The lowest BCUT2D eigenvalue weighted by atomic mass is 10.0. The Hall–Kier alpha value is -0.550. The molecule has 1 aromatic heterocycles. The van der Waals surface area contributed by atoms with Gasteiger partial charge in [-0.05, 0) is 31.4 Å². The van der Waals surface area contributed by atoms with Crippen LogP contribution in [0.5, 0.6) is 0 Å². The molecule has 19 heavy (non-hydrogen) atoms. The predicted octanol–water partition coefficient (Wildman–Crippen LogP) is 4.54. The first-order chi connectivity index (χ1) is 9.10. The summed E-state index contributed by atoms with van der Waals surface area (Å²) >= 11 is 9.61. The van der Waals surface area contributed by atoms with Gasteiger partial charge in [0, 0.05) is 22.0 Å². The lowest BCUT2D eigenvalue weighted by Gasteiger charge is -2.13. The van der Waals surface area contributed by atoms with E-state index in [4.69, 9.17) is 17.3 Å². The van der Waals surface area contributed by atoms with Crippen LogP contribution in [0.2, 0.25) is 5.02 Å². The second-order valence-electron chi connectivity index (χ2n) is 4.46. The zero-order chi connectivity index (χ0) is 13.8. The summed E-state index contributed by atoms with van der Waals surface area (Å²) in [6, 6.07) is 6.18. The number of thiazole rings is 1. The van der Waals surface area contributed by atoms with Crippen molar-refractivity contribution >= 4 is 34.7 Å². The molecular weight excluding hydrogens is 296 g/mol. The second kappa shape index (κ2) is 6.75. The molecule has 0 saturated carbocycles. The van der Waals surface area contributed by atoms with Gasteiger partial charge < -0.3 is 5.73 Å². The van der Waals surface area contributed by atoms with Crippen LogP contribution >= 0.6 is 34.7 Å². The summed E-state index contributed by atoms with van der Waals surface area (Å²) in [5.74, 6) is 0. The minimum Gasteiger partial charge on any atom is -0.327 e. The molecule has 0 spiro atoms. The van der Waals surface area contributed by atoms with E-state index in [1.54, 1.807) is 23.1 Å². The Labute approximate surface area is 127 Å². The molecule has 0 saturated heterocycles. The molecule has 1 atom stereocenters. The highest BCUT2D eigenvalue weighted by molar-refractivity contribution is 8.01. The molecule has 2 aromatic rings. The molecule has 5 heteroatoms. The van der Waals surface area contributed by atoms with E-state index in [9.17, 15) is 0 Å². The predicted molar refractivity (Wildman–Crippen MR) is 84.4 cm³/mol. The standard InChI is InChI=1S/C14H17ClN2S2/c1-3-11(16)7-10-5-4-6-12(15)13(10)19-14-17-9(2)8-18-14/h4-6,8,11H,3,7,16H2,1-2H3. The molecule has 1 aromatic carbocycles. The van der Waals surface area contributed by atoms with Gasteiger partial charge in [0.2, 0.25) is 0 Å². The van der Waals surface area contributed by atoms with E-state index in [-0.39, 0.29) is 6.04 Å². The minimum atomic E-state index is 0.177. The first-order valence-corrected chi connectivity index (χ1v) is 8.30. The molecule has 102 valence electrons. The van der Waals surface area contributed by atoms with Crippen LogP contribution in [-0.2, 0) is 6.42 Å². The van der Waals surface area contributed by atoms with Gasteiger partial charge in [-0.25, -0.2) is 4.98 Å². The number of nitrogens with two attached hydrogens (primary N) is 1. The second-order valence-corrected chi connectivity index (χ2v) is 6.98. The third kappa shape index (κ3) is 3.96. The number of hydrogen-bond donors (Lipinski definition) is 1. The van der Waals surface area contributed by atoms with Crippen molar-refractivity contribution < 1.29 is 0 Å². The number of nitrogens with zero attached hydrogens (tertiary/aromatic N) is 1. The Morgan fingerprint density at radius 1 is 1.47 bits per heavy atom. The van der Waals surface area contributed by atoms with Gasteiger partial charge >= 0.3 is 0 Å². The first-order valence-electron chi connectivity index (χ1n) is 6.23. The first kappa shape index (κ1) is 14.9. The lowest BCUT2D eigenvalue weighted by molar-refractivity contribution is 0.641. The van der Waals surface area contributed by atoms with E-state index in [1.165, 1.54) is 5.56 Å². The number of halogens is 1. The molecule has 0 fully saturated rings. The summed E-state index contributed by atoms with van der Waals surface area (Å²) in [5, 5.41) is 2.83. The number of aromatic nitrogens is 1. The summed E-state index contributed by atoms with van der Waals surface area (Å²) in [5.41, 5.74) is 8.31. The highest BCUT2D eigenvalue weighted by Crippen LogP contribution is 2.37. The molecule has 1 unspecified atom stereocenters. The van der Waals surface area contributed by atoms with Gasteiger partial charge in [-0.15, -0.1) is 11.3 Å². The number of rotatable bonds is 5. The van der Waals surface area contributed by atoms with Crippen molar-refractivity contribution in [3.05, 3.63) is 39.9 Å². The molecule has 0 amide bonds. The Balaban J connectivity index is 2.27. The average Bonchev–Trinajstić information content (AvgIpc) is 2.79. The van der Waals surface area contributed by atoms with Crippen LogP contribution in [-0.4, -0.2) is 11.0 Å². The molecular formula is C14H17ClN2S2. The SMILES string of the molecule is CCC(N)Cc1cccc(Cl)c1Sc1nc(C)cs1. The van der Waals surface area contributed by atoms with Crippen LogP contribution in [0.25, 0.3) is 0 Å². The van der Waals surface area contributed by atoms with Gasteiger partial charge in [-0.2, -0.15) is 0 Å². The highest BCUT2D eigenvalue weighted by atomic mass is 35.5. The fraction of sp³-hybridized carbons (Fsp3) is 0.357. The molecule has 2 rings (SSSR count). The molecule has 1 heterocycles. The fourth-order valence-corrected chi connectivity index (χ4v) is 3.95. The Kier molecular flexibility index (Phi) is 5.28. The van der Waals surface area contributed by atoms with Crippen LogP contribution in [0.15, 0.2) is 32.8 Å². The van der Waals surface area contributed by atoms with Gasteiger partial charge in [0.25, 0.3) is 0 Å². The monoisotopic (exact) mass is 312 g/mol. The molecule has 0 aliphatic rings. The Morgan fingerprint density at radius 3 is 2.89 bits per heavy atom. The van der Waals surface area contributed by atoms with Gasteiger partial charge in [-0.1, -0.05) is 42.4 Å². The van der Waals surface area contributed by atoms with Crippen LogP contribution in [0.3, 0.4) is 0 Å². The van der Waals surface area contributed by atoms with E-state index in [2.05, 4.69) is 23.4 Å². The van der Waals surface area contributed by atoms with E-state index >= 15 is 0 Å². The lowest BCUT2D eigenvalue weighted by Crippen LogP contribution is -2.21. The number of hydrogen-bond acceptors (Lipinski definition) is 4. The van der Waals surface area contributed by atoms with Crippen LogP contribution in [0.1, 0.15) is 24.6 Å². The van der Waals surface area contributed by atoms with Crippen LogP contribution in [0, 0.1) is 6.92 Å². The third-order valence-corrected chi connectivity index (χ3v) is 5.51. The van der Waals surface area contributed by atoms with E-state index < -0.39 is 0 Å². The highest BCUT2D eigenvalue weighted by Gasteiger charge is 2.13. The van der Waals surface area contributed by atoms with Gasteiger partial charge in [0.15, 0.2) is 4.34 Å².